The Bertz CT molecular complexity index is 545. The molecule has 1 heterocycles. The summed E-state index contributed by atoms with van der Waals surface area (Å²) >= 11 is 0. The number of rotatable bonds is 7. The van der Waals surface area contributed by atoms with Gasteiger partial charge in [-0.25, -0.2) is 0 Å². The molecule has 0 aromatic heterocycles. The van der Waals surface area contributed by atoms with Crippen molar-refractivity contribution in [3.63, 3.8) is 0 Å². The summed E-state index contributed by atoms with van der Waals surface area (Å²) in [5.41, 5.74) is 2.18. The van der Waals surface area contributed by atoms with Crippen LogP contribution in [0.1, 0.15) is 39.5 Å². The number of amides is 2. The van der Waals surface area contributed by atoms with Gasteiger partial charge in [0.1, 0.15) is 0 Å². The second-order valence-corrected chi connectivity index (χ2v) is 5.91. The summed E-state index contributed by atoms with van der Waals surface area (Å²) in [6.45, 7) is 6.97. The van der Waals surface area contributed by atoms with E-state index in [1.165, 1.54) is 6.92 Å². The first-order valence-electron chi connectivity index (χ1n) is 8.52. The topological polar surface area (TPSA) is 52.6 Å². The molecule has 0 saturated heterocycles. The first kappa shape index (κ1) is 17.3. The van der Waals surface area contributed by atoms with Gasteiger partial charge in [0, 0.05) is 39.5 Å². The van der Waals surface area contributed by atoms with Gasteiger partial charge in [-0.05, 0) is 31.9 Å². The smallest absolute Gasteiger partial charge is 0.227 e. The van der Waals surface area contributed by atoms with Gasteiger partial charge in [0.15, 0.2) is 0 Å². The molecule has 0 saturated carbocycles. The average Bonchev–Trinajstić information content (AvgIpc) is 2.56. The summed E-state index contributed by atoms with van der Waals surface area (Å²) in [4.78, 5) is 27.6. The largest absolute Gasteiger partial charge is 0.368 e. The standard InChI is InChI=1S/C18H27N3O2/c1-3-20-13-14-21(17-10-7-6-9-16(17)20)18(23)11-5-4-8-12-19-15(2)22/h6-7,9-10H,3-5,8,11-14H2,1-2H3,(H,19,22). The third-order valence-corrected chi connectivity index (χ3v) is 4.23. The minimum atomic E-state index is 0.00600. The predicted molar refractivity (Wildman–Crippen MR) is 93.8 cm³/mol. The second kappa shape index (κ2) is 8.56. The lowest BCUT2D eigenvalue weighted by atomic mass is 10.1. The van der Waals surface area contributed by atoms with E-state index in [1.54, 1.807) is 0 Å². The number of nitrogens with one attached hydrogen (secondary N) is 1. The number of para-hydroxylation sites is 2. The maximum atomic E-state index is 12.5. The molecule has 5 heteroatoms. The molecule has 0 fully saturated rings. The van der Waals surface area contributed by atoms with Crippen LogP contribution >= 0.6 is 0 Å². The number of hydrogen-bond donors (Lipinski definition) is 1. The molecule has 0 atom stereocenters. The number of carbonyl (C=O) groups is 2. The SMILES string of the molecule is CCN1CCN(C(=O)CCCCCNC(C)=O)c2ccccc21. The molecular formula is C18H27N3O2. The maximum absolute atomic E-state index is 12.5. The first-order chi connectivity index (χ1) is 11.1. The van der Waals surface area contributed by atoms with Crippen LogP contribution in [0.25, 0.3) is 0 Å². The highest BCUT2D eigenvalue weighted by molar-refractivity contribution is 5.97. The minimum Gasteiger partial charge on any atom is -0.368 e. The molecule has 1 aromatic carbocycles. The molecule has 2 rings (SSSR count). The van der Waals surface area contributed by atoms with Crippen LogP contribution in [0.2, 0.25) is 0 Å². The van der Waals surface area contributed by atoms with Crippen molar-refractivity contribution in [3.05, 3.63) is 24.3 Å². The van der Waals surface area contributed by atoms with E-state index in [1.807, 2.05) is 23.1 Å². The Labute approximate surface area is 138 Å². The maximum Gasteiger partial charge on any atom is 0.227 e. The number of benzene rings is 1. The number of nitrogens with zero attached hydrogens (tertiary/aromatic N) is 2. The van der Waals surface area contributed by atoms with Crippen molar-refractivity contribution in [1.29, 1.82) is 0 Å². The van der Waals surface area contributed by atoms with Crippen LogP contribution in [0.3, 0.4) is 0 Å². The highest BCUT2D eigenvalue weighted by atomic mass is 16.2. The Hall–Kier alpha value is -2.04. The fraction of sp³-hybridized carbons (Fsp3) is 0.556. The molecular weight excluding hydrogens is 290 g/mol. The Kier molecular flexibility index (Phi) is 6.44. The fourth-order valence-electron chi connectivity index (χ4n) is 2.99. The Morgan fingerprint density at radius 2 is 1.83 bits per heavy atom. The van der Waals surface area contributed by atoms with Gasteiger partial charge in [0.2, 0.25) is 11.8 Å². The first-order valence-corrected chi connectivity index (χ1v) is 8.52. The van der Waals surface area contributed by atoms with E-state index in [0.717, 1.165) is 50.3 Å². The Morgan fingerprint density at radius 1 is 1.09 bits per heavy atom. The molecule has 1 N–H and O–H groups in total. The van der Waals surface area contributed by atoms with Crippen molar-refractivity contribution in [2.45, 2.75) is 39.5 Å². The summed E-state index contributed by atoms with van der Waals surface area (Å²) in [7, 11) is 0. The molecule has 0 spiro atoms. The van der Waals surface area contributed by atoms with Gasteiger partial charge in [0.05, 0.1) is 11.4 Å². The van der Waals surface area contributed by atoms with Crippen LogP contribution in [0, 0.1) is 0 Å². The Morgan fingerprint density at radius 3 is 2.52 bits per heavy atom. The molecule has 1 aliphatic heterocycles. The highest BCUT2D eigenvalue weighted by Gasteiger charge is 2.25. The fourth-order valence-corrected chi connectivity index (χ4v) is 2.99. The van der Waals surface area contributed by atoms with Gasteiger partial charge in [-0.15, -0.1) is 0 Å². The van der Waals surface area contributed by atoms with E-state index >= 15 is 0 Å². The molecule has 1 aliphatic rings. The number of fused-ring (bicyclic) bond motifs is 1. The molecule has 0 bridgehead atoms. The zero-order chi connectivity index (χ0) is 16.7. The van der Waals surface area contributed by atoms with Crippen LogP contribution in [-0.2, 0) is 9.59 Å². The van der Waals surface area contributed by atoms with Crippen LogP contribution in [0.5, 0.6) is 0 Å². The van der Waals surface area contributed by atoms with Crippen molar-refractivity contribution in [1.82, 2.24) is 5.32 Å². The molecule has 0 radical (unpaired) electrons. The van der Waals surface area contributed by atoms with Crippen LogP contribution in [0.15, 0.2) is 24.3 Å². The van der Waals surface area contributed by atoms with Gasteiger partial charge in [0.25, 0.3) is 0 Å². The molecule has 0 unspecified atom stereocenters. The van der Waals surface area contributed by atoms with E-state index in [2.05, 4.69) is 23.2 Å². The van der Waals surface area contributed by atoms with E-state index in [0.29, 0.717) is 13.0 Å². The monoisotopic (exact) mass is 317 g/mol. The van der Waals surface area contributed by atoms with Crippen LogP contribution < -0.4 is 15.1 Å². The molecule has 5 nitrogen and oxygen atoms in total. The van der Waals surface area contributed by atoms with E-state index < -0.39 is 0 Å². The summed E-state index contributed by atoms with van der Waals surface area (Å²) in [6.07, 6.45) is 3.32. The third-order valence-electron chi connectivity index (χ3n) is 4.23. The van der Waals surface area contributed by atoms with Crippen LogP contribution in [-0.4, -0.2) is 38.0 Å². The molecule has 126 valence electrons. The predicted octanol–water partition coefficient (Wildman–Crippen LogP) is 2.56. The summed E-state index contributed by atoms with van der Waals surface area (Å²) in [5, 5.41) is 2.78. The van der Waals surface area contributed by atoms with Crippen LogP contribution in [0.4, 0.5) is 11.4 Å². The summed E-state index contributed by atoms with van der Waals surface area (Å²) in [5.74, 6) is 0.208. The quantitative estimate of drug-likeness (QED) is 0.786. The number of anilines is 2. The number of likely N-dealkylation sites (N-methyl/N-ethyl adjacent to an activating group) is 1. The van der Waals surface area contributed by atoms with Crippen molar-refractivity contribution in [2.75, 3.05) is 36.0 Å². The lowest BCUT2D eigenvalue weighted by Crippen LogP contribution is -2.44. The molecule has 1 aromatic rings. The number of carbonyl (C=O) groups excluding carboxylic acids is 2. The van der Waals surface area contributed by atoms with Gasteiger partial charge in [-0.3, -0.25) is 9.59 Å². The average molecular weight is 317 g/mol. The van der Waals surface area contributed by atoms with Gasteiger partial charge < -0.3 is 15.1 Å². The number of hydrogen-bond acceptors (Lipinski definition) is 3. The van der Waals surface area contributed by atoms with Gasteiger partial charge in [-0.2, -0.15) is 0 Å². The van der Waals surface area contributed by atoms with E-state index in [9.17, 15) is 9.59 Å². The van der Waals surface area contributed by atoms with Gasteiger partial charge in [-0.1, -0.05) is 18.6 Å². The molecule has 23 heavy (non-hydrogen) atoms. The van der Waals surface area contributed by atoms with Crippen molar-refractivity contribution < 1.29 is 9.59 Å². The number of unbranched alkanes of at least 4 members (excludes halogenated alkanes) is 2. The zero-order valence-corrected chi connectivity index (χ0v) is 14.2. The highest BCUT2D eigenvalue weighted by Crippen LogP contribution is 2.33. The van der Waals surface area contributed by atoms with Crippen molar-refractivity contribution >= 4 is 23.2 Å². The lowest BCUT2D eigenvalue weighted by Gasteiger charge is -2.37. The van der Waals surface area contributed by atoms with Crippen molar-refractivity contribution in [3.8, 4) is 0 Å². The summed E-state index contributed by atoms with van der Waals surface area (Å²) < 4.78 is 0. The molecule has 0 aliphatic carbocycles. The normalized spacial score (nSPS) is 13.7. The van der Waals surface area contributed by atoms with E-state index in [4.69, 9.17) is 0 Å². The zero-order valence-electron chi connectivity index (χ0n) is 14.2. The lowest BCUT2D eigenvalue weighted by molar-refractivity contribution is -0.119. The third kappa shape index (κ3) is 4.71. The minimum absolute atomic E-state index is 0.00600. The van der Waals surface area contributed by atoms with Gasteiger partial charge >= 0.3 is 0 Å². The van der Waals surface area contributed by atoms with E-state index in [-0.39, 0.29) is 11.8 Å². The van der Waals surface area contributed by atoms with Crippen molar-refractivity contribution in [2.24, 2.45) is 0 Å². The Balaban J connectivity index is 1.84. The summed E-state index contributed by atoms with van der Waals surface area (Å²) in [6, 6.07) is 8.14. The molecule has 2 amide bonds. The second-order valence-electron chi connectivity index (χ2n) is 5.91.